The average Bonchev–Trinajstić information content (AvgIpc) is 3.32. The molecule has 5 nitrogen and oxygen atoms in total. The molecule has 0 aliphatic carbocycles. The SMILES string of the molecule is CC/C=C\C/C=C\C/C=C\CCCCCCCCCC(=O)OCC(COCCCCCCCCCCCCCCCCCCCCCC)OC(=O)CCCCCCC/C=C\C/C=C\CCC. The van der Waals surface area contributed by atoms with Gasteiger partial charge in [0.2, 0.25) is 0 Å². The van der Waals surface area contributed by atoms with E-state index in [-0.39, 0.29) is 25.2 Å². The molecule has 0 aromatic carbocycles. The quantitative estimate of drug-likeness (QED) is 0.0346. The summed E-state index contributed by atoms with van der Waals surface area (Å²) in [5.41, 5.74) is 0. The number of unbranched alkanes of at least 4 members (excludes halogenated alkanes) is 32. The van der Waals surface area contributed by atoms with Crippen molar-refractivity contribution in [3.63, 3.8) is 0 Å². The highest BCUT2D eigenvalue weighted by Gasteiger charge is 2.17. The summed E-state index contributed by atoms with van der Waals surface area (Å²) in [7, 11) is 0. The number of ether oxygens (including phenoxy) is 3. The summed E-state index contributed by atoms with van der Waals surface area (Å²) >= 11 is 0. The molecule has 0 aromatic rings. The van der Waals surface area contributed by atoms with Crippen LogP contribution in [0.3, 0.4) is 0 Å². The van der Waals surface area contributed by atoms with Crippen molar-refractivity contribution < 1.29 is 23.8 Å². The third kappa shape index (κ3) is 54.2. The molecule has 0 fully saturated rings. The predicted octanol–water partition coefficient (Wildman–Crippen LogP) is 19.7. The van der Waals surface area contributed by atoms with E-state index in [4.69, 9.17) is 14.2 Å². The fraction of sp³-hybridized carbons (Fsp3) is 0.803. The van der Waals surface area contributed by atoms with Gasteiger partial charge in [0.05, 0.1) is 6.61 Å². The summed E-state index contributed by atoms with van der Waals surface area (Å²) in [6, 6.07) is 0. The van der Waals surface area contributed by atoms with Crippen LogP contribution in [0.2, 0.25) is 0 Å². The second-order valence-electron chi connectivity index (χ2n) is 19.2. The van der Waals surface area contributed by atoms with Crippen LogP contribution in [0.5, 0.6) is 0 Å². The molecule has 0 aliphatic rings. The van der Waals surface area contributed by atoms with E-state index in [1.165, 1.54) is 167 Å². The van der Waals surface area contributed by atoms with Crippen molar-refractivity contribution >= 4 is 11.9 Å². The molecule has 66 heavy (non-hydrogen) atoms. The van der Waals surface area contributed by atoms with Crippen LogP contribution in [0.25, 0.3) is 0 Å². The first-order valence-corrected chi connectivity index (χ1v) is 28.8. The summed E-state index contributed by atoms with van der Waals surface area (Å²) in [6.45, 7) is 7.68. The second kappa shape index (κ2) is 56.9. The molecule has 0 saturated heterocycles. The van der Waals surface area contributed by atoms with Gasteiger partial charge in [-0.05, 0) is 77.0 Å². The maximum Gasteiger partial charge on any atom is 0.306 e. The van der Waals surface area contributed by atoms with E-state index in [0.717, 1.165) is 89.9 Å². The molecule has 0 N–H and O–H groups in total. The van der Waals surface area contributed by atoms with Crippen LogP contribution in [-0.2, 0) is 23.8 Å². The molecule has 0 aliphatic heterocycles. The van der Waals surface area contributed by atoms with Gasteiger partial charge in [0, 0.05) is 19.4 Å². The van der Waals surface area contributed by atoms with E-state index >= 15 is 0 Å². The zero-order chi connectivity index (χ0) is 47.7. The topological polar surface area (TPSA) is 61.8 Å². The molecule has 0 spiro atoms. The van der Waals surface area contributed by atoms with Gasteiger partial charge in [0.25, 0.3) is 0 Å². The Labute approximate surface area is 411 Å². The van der Waals surface area contributed by atoms with Crippen LogP contribution < -0.4 is 0 Å². The molecule has 0 saturated carbocycles. The molecule has 1 atom stereocenters. The Kier molecular flexibility index (Phi) is 54.9. The van der Waals surface area contributed by atoms with E-state index in [1.807, 2.05) is 0 Å². The van der Waals surface area contributed by atoms with Gasteiger partial charge in [-0.3, -0.25) is 9.59 Å². The smallest absolute Gasteiger partial charge is 0.306 e. The first-order valence-electron chi connectivity index (χ1n) is 28.8. The average molecular weight is 924 g/mol. The van der Waals surface area contributed by atoms with Crippen molar-refractivity contribution in [1.82, 2.24) is 0 Å². The van der Waals surface area contributed by atoms with Crippen LogP contribution in [0.15, 0.2) is 60.8 Å². The lowest BCUT2D eigenvalue weighted by molar-refractivity contribution is -0.163. The van der Waals surface area contributed by atoms with Crippen molar-refractivity contribution in [2.75, 3.05) is 19.8 Å². The van der Waals surface area contributed by atoms with Crippen molar-refractivity contribution in [3.8, 4) is 0 Å². The van der Waals surface area contributed by atoms with Crippen LogP contribution in [0, 0.1) is 0 Å². The first kappa shape index (κ1) is 63.6. The fourth-order valence-electron chi connectivity index (χ4n) is 8.27. The maximum atomic E-state index is 12.8. The Bertz CT molecular complexity index is 1130. The molecule has 0 aromatic heterocycles. The molecule has 0 heterocycles. The minimum Gasteiger partial charge on any atom is -0.462 e. The van der Waals surface area contributed by atoms with Gasteiger partial charge in [0.1, 0.15) is 6.61 Å². The van der Waals surface area contributed by atoms with Crippen LogP contribution in [0.1, 0.15) is 290 Å². The van der Waals surface area contributed by atoms with Crippen molar-refractivity contribution in [1.29, 1.82) is 0 Å². The standard InChI is InChI=1S/C61H110O5/c1-4-7-10-13-16-19-22-25-27-29-30-31-33-35-38-41-44-47-50-53-56-64-57-59(66-61(63)55-52-49-46-43-40-36-24-21-18-15-12-9-6-3)58-65-60(62)54-51-48-45-42-39-37-34-32-28-26-23-20-17-14-11-8-5-2/h8,11-12,15,17,20-21,24,26,28,59H,4-7,9-10,13-14,16,18-19,22-23,25,27,29-58H2,1-3H3/b11-8-,15-12-,20-17-,24-21-,28-26-. The summed E-state index contributed by atoms with van der Waals surface area (Å²) in [6.07, 6.45) is 72.5. The molecule has 5 heteroatoms. The molecule has 0 radical (unpaired) electrons. The monoisotopic (exact) mass is 923 g/mol. The van der Waals surface area contributed by atoms with Crippen LogP contribution in [0.4, 0.5) is 0 Å². The minimum atomic E-state index is -0.547. The molecule has 384 valence electrons. The van der Waals surface area contributed by atoms with Gasteiger partial charge >= 0.3 is 11.9 Å². The number of allylic oxidation sites excluding steroid dienone is 10. The third-order valence-corrected chi connectivity index (χ3v) is 12.5. The molecule has 1 unspecified atom stereocenters. The number of esters is 2. The highest BCUT2D eigenvalue weighted by molar-refractivity contribution is 5.70. The van der Waals surface area contributed by atoms with E-state index in [9.17, 15) is 9.59 Å². The number of hydrogen-bond donors (Lipinski definition) is 0. The lowest BCUT2D eigenvalue weighted by Crippen LogP contribution is -2.30. The molecule has 0 amide bonds. The van der Waals surface area contributed by atoms with Gasteiger partial charge in [-0.15, -0.1) is 0 Å². The van der Waals surface area contributed by atoms with Gasteiger partial charge in [-0.1, -0.05) is 261 Å². The largest absolute Gasteiger partial charge is 0.462 e. The zero-order valence-corrected chi connectivity index (χ0v) is 44.2. The summed E-state index contributed by atoms with van der Waals surface area (Å²) in [5.74, 6) is -0.413. The fourth-order valence-corrected chi connectivity index (χ4v) is 8.27. The lowest BCUT2D eigenvalue weighted by Gasteiger charge is -2.18. The molecular formula is C61H110O5. The second-order valence-corrected chi connectivity index (χ2v) is 19.2. The van der Waals surface area contributed by atoms with Crippen LogP contribution >= 0.6 is 0 Å². The highest BCUT2D eigenvalue weighted by atomic mass is 16.6. The van der Waals surface area contributed by atoms with E-state index in [2.05, 4.69) is 81.5 Å². The van der Waals surface area contributed by atoms with E-state index in [0.29, 0.717) is 19.4 Å². The highest BCUT2D eigenvalue weighted by Crippen LogP contribution is 2.16. The number of carbonyl (C=O) groups is 2. The molecule has 0 rings (SSSR count). The normalized spacial score (nSPS) is 12.6. The van der Waals surface area contributed by atoms with E-state index in [1.54, 1.807) is 0 Å². The lowest BCUT2D eigenvalue weighted by atomic mass is 10.0. The van der Waals surface area contributed by atoms with Crippen molar-refractivity contribution in [2.24, 2.45) is 0 Å². The summed E-state index contributed by atoms with van der Waals surface area (Å²) in [4.78, 5) is 25.5. The summed E-state index contributed by atoms with van der Waals surface area (Å²) in [5, 5.41) is 0. The maximum absolute atomic E-state index is 12.8. The first-order chi connectivity index (χ1) is 32.6. The van der Waals surface area contributed by atoms with Gasteiger partial charge in [-0.25, -0.2) is 0 Å². The number of hydrogen-bond acceptors (Lipinski definition) is 5. The zero-order valence-electron chi connectivity index (χ0n) is 44.2. The molecular weight excluding hydrogens is 813 g/mol. The van der Waals surface area contributed by atoms with Gasteiger partial charge in [0.15, 0.2) is 6.10 Å². The van der Waals surface area contributed by atoms with E-state index < -0.39 is 6.10 Å². The number of rotatable bonds is 53. The molecule has 0 bridgehead atoms. The Morgan fingerprint density at radius 3 is 1.15 bits per heavy atom. The predicted molar refractivity (Wildman–Crippen MR) is 288 cm³/mol. The minimum absolute atomic E-state index is 0.0762. The van der Waals surface area contributed by atoms with Crippen molar-refractivity contribution in [2.45, 2.75) is 297 Å². The Morgan fingerprint density at radius 1 is 0.348 bits per heavy atom. The summed E-state index contributed by atoms with van der Waals surface area (Å²) < 4.78 is 17.5. The number of carbonyl (C=O) groups excluding carboxylic acids is 2. The Balaban J connectivity index is 4.23. The van der Waals surface area contributed by atoms with Gasteiger partial charge in [-0.2, -0.15) is 0 Å². The Morgan fingerprint density at radius 2 is 0.712 bits per heavy atom. The Hall–Kier alpha value is -2.40. The van der Waals surface area contributed by atoms with Crippen molar-refractivity contribution in [3.05, 3.63) is 60.8 Å². The van der Waals surface area contributed by atoms with Gasteiger partial charge < -0.3 is 14.2 Å². The third-order valence-electron chi connectivity index (χ3n) is 12.5. The van der Waals surface area contributed by atoms with Crippen LogP contribution in [-0.4, -0.2) is 37.9 Å².